The molecule has 10 aromatic heterocycles. The summed E-state index contributed by atoms with van der Waals surface area (Å²) in [7, 11) is 0. The molecular formula is C57H87N13S10. The van der Waals surface area contributed by atoms with Crippen molar-refractivity contribution >= 4 is 115 Å². The molecule has 0 aliphatic carbocycles. The molecule has 0 aromatic carbocycles. The van der Waals surface area contributed by atoms with E-state index in [4.69, 9.17) is 0 Å². The molecule has 0 spiro atoms. The van der Waals surface area contributed by atoms with Gasteiger partial charge in [-0.2, -0.15) is 37.6 Å². The highest BCUT2D eigenvalue weighted by Crippen LogP contribution is 2.20. The first-order chi connectivity index (χ1) is 38.0. The molecule has 10 aromatic rings. The molecule has 0 N–H and O–H groups in total. The minimum atomic E-state index is 0.473. The van der Waals surface area contributed by atoms with Crippen LogP contribution in [0.2, 0.25) is 0 Å². The van der Waals surface area contributed by atoms with Crippen LogP contribution in [0, 0.1) is 0 Å². The van der Waals surface area contributed by atoms with Crippen LogP contribution in [0.1, 0.15) is 252 Å². The van der Waals surface area contributed by atoms with Gasteiger partial charge in [0.15, 0.2) is 0 Å². The average Bonchev–Trinajstić information content (AvgIpc) is 4.28. The van der Waals surface area contributed by atoms with E-state index >= 15 is 0 Å². The number of thiophene rings is 1. The fraction of sp³-hybridized carbons (Fsp3) is 0.526. The summed E-state index contributed by atoms with van der Waals surface area (Å²) in [6.07, 6.45) is 6.89. The molecule has 23 heteroatoms. The Hall–Kier alpha value is -3.91. The zero-order valence-corrected chi connectivity index (χ0v) is 58.6. The summed E-state index contributed by atoms with van der Waals surface area (Å²) < 4.78 is 32.1. The van der Waals surface area contributed by atoms with E-state index in [0.717, 1.165) is 21.7 Å². The van der Waals surface area contributed by atoms with Crippen LogP contribution in [0.25, 0.3) is 0 Å². The molecule has 0 aliphatic rings. The fourth-order valence-corrected chi connectivity index (χ4v) is 11.1. The van der Waals surface area contributed by atoms with Crippen molar-refractivity contribution in [2.75, 3.05) is 0 Å². The molecule has 10 rings (SSSR count). The standard InChI is InChI=1S/C7H10S.5C6H9NS.4C5H8N2S/c1-6(2)7-3-4-8-5-7;1-5(2)6-3-8-4-7-6;2*1-5(2)6-3-4-8-7-6;2*1-5(2)6-3-4-7-8-6;2*1-4(2)5-6-3-8-7-5;2*1-4(2)5-6-3-7-8-5/h3-6H,1-2H3;5*3-5H,1-2H3;4*3-4H,1-2H3. The maximum Gasteiger partial charge on any atom is 0.144 e. The summed E-state index contributed by atoms with van der Waals surface area (Å²) in [6, 6.07) is 10.4. The third kappa shape index (κ3) is 35.2. The van der Waals surface area contributed by atoms with E-state index in [1.165, 1.54) is 102 Å². The Morgan fingerprint density at radius 1 is 0.312 bits per heavy atom. The maximum absolute atomic E-state index is 4.16. The van der Waals surface area contributed by atoms with Crippen molar-refractivity contribution in [1.29, 1.82) is 0 Å². The first-order valence-corrected chi connectivity index (χ1v) is 34.9. The van der Waals surface area contributed by atoms with Crippen LogP contribution in [-0.2, 0) is 0 Å². The van der Waals surface area contributed by atoms with Crippen molar-refractivity contribution in [3.8, 4) is 0 Å². The quantitative estimate of drug-likeness (QED) is 0.127. The van der Waals surface area contributed by atoms with Crippen LogP contribution in [0.4, 0.5) is 0 Å². The number of rotatable bonds is 10. The Labute approximate surface area is 520 Å². The van der Waals surface area contributed by atoms with Gasteiger partial charge in [-0.05, 0) is 174 Å². The van der Waals surface area contributed by atoms with Crippen molar-refractivity contribution < 1.29 is 0 Å². The lowest BCUT2D eigenvalue weighted by atomic mass is 10.1. The summed E-state index contributed by atoms with van der Waals surface area (Å²) in [6.45, 7) is 42.8. The maximum atomic E-state index is 4.16. The Bertz CT molecular complexity index is 2080. The van der Waals surface area contributed by atoms with Gasteiger partial charge >= 0.3 is 0 Å². The normalized spacial score (nSPS) is 10.4. The summed E-state index contributed by atoms with van der Waals surface area (Å²) in [5.74, 6) is 7.65. The van der Waals surface area contributed by atoms with Crippen LogP contribution >= 0.6 is 115 Å². The minimum absolute atomic E-state index is 0.473. The Morgan fingerprint density at radius 3 is 0.900 bits per heavy atom. The third-order valence-corrected chi connectivity index (χ3v) is 17.4. The lowest BCUT2D eigenvalue weighted by molar-refractivity contribution is 0.799. The van der Waals surface area contributed by atoms with Crippen molar-refractivity contribution in [2.45, 2.75) is 198 Å². The highest BCUT2D eigenvalue weighted by molar-refractivity contribution is 7.08. The zero-order chi connectivity index (χ0) is 59.8. The van der Waals surface area contributed by atoms with Crippen LogP contribution in [-0.4, -0.2) is 59.9 Å². The molecule has 0 amide bonds. The number of hydrogen-bond acceptors (Lipinski definition) is 23. The SMILES string of the molecule is CC(C)c1ccns1.CC(C)c1ccns1.CC(C)c1ccsc1.CC(C)c1ccsn1.CC(C)c1ccsn1.CC(C)c1cscn1.CC(C)c1ncns1.CC(C)c1ncns1.CC(C)c1ncsn1.CC(C)c1ncsn1. The first kappa shape index (κ1) is 74.1. The van der Waals surface area contributed by atoms with Gasteiger partial charge in [-0.15, -0.1) is 11.3 Å². The number of hydrogen-bond donors (Lipinski definition) is 0. The molecule has 440 valence electrons. The molecule has 0 saturated heterocycles. The van der Waals surface area contributed by atoms with Gasteiger partial charge in [-0.1, -0.05) is 138 Å². The van der Waals surface area contributed by atoms with Crippen LogP contribution in [0.15, 0.2) is 98.8 Å². The lowest BCUT2D eigenvalue weighted by Crippen LogP contribution is -1.87. The smallest absolute Gasteiger partial charge is 0.144 e. The third-order valence-electron chi connectivity index (χ3n) is 9.94. The Balaban J connectivity index is 0.000000444. The number of nitrogens with zero attached hydrogens (tertiary/aromatic N) is 13. The van der Waals surface area contributed by atoms with E-state index < -0.39 is 0 Å². The molecule has 0 saturated carbocycles. The molecule has 0 bridgehead atoms. The second-order valence-corrected chi connectivity index (χ2v) is 27.7. The molecule has 0 fully saturated rings. The second kappa shape index (κ2) is 44.6. The second-order valence-electron chi connectivity index (χ2n) is 20.3. The Morgan fingerprint density at radius 2 is 0.750 bits per heavy atom. The summed E-state index contributed by atoms with van der Waals surface area (Å²) in [5, 5.41) is 12.7. The Kier molecular flexibility index (Phi) is 41.4. The summed E-state index contributed by atoms with van der Waals surface area (Å²) >= 11 is 15.4. The zero-order valence-electron chi connectivity index (χ0n) is 50.5. The molecule has 13 nitrogen and oxygen atoms in total. The molecule has 0 unspecified atom stereocenters. The topological polar surface area (TPSA) is 168 Å². The van der Waals surface area contributed by atoms with Crippen LogP contribution in [0.5, 0.6) is 0 Å². The predicted octanol–water partition coefficient (Wildman–Crippen LogP) is 20.9. The predicted molar refractivity (Wildman–Crippen MR) is 355 cm³/mol. The highest BCUT2D eigenvalue weighted by Gasteiger charge is 2.04. The summed E-state index contributed by atoms with van der Waals surface area (Å²) in [5.41, 5.74) is 10.5. The van der Waals surface area contributed by atoms with Gasteiger partial charge in [0, 0.05) is 62.0 Å². The van der Waals surface area contributed by atoms with Crippen molar-refractivity contribution in [3.05, 3.63) is 153 Å². The number of aromatic nitrogens is 13. The van der Waals surface area contributed by atoms with E-state index in [-0.39, 0.29) is 0 Å². The minimum Gasteiger partial charge on any atom is -0.249 e. The van der Waals surface area contributed by atoms with Gasteiger partial charge in [-0.25, -0.2) is 33.7 Å². The van der Waals surface area contributed by atoms with Gasteiger partial charge in [0.2, 0.25) is 0 Å². The van der Waals surface area contributed by atoms with Gasteiger partial charge in [0.1, 0.15) is 45.3 Å². The van der Waals surface area contributed by atoms with Crippen LogP contribution < -0.4 is 0 Å². The van der Waals surface area contributed by atoms with E-state index in [1.807, 2.05) is 28.7 Å². The largest absolute Gasteiger partial charge is 0.249 e. The van der Waals surface area contributed by atoms with Crippen molar-refractivity contribution in [3.63, 3.8) is 0 Å². The van der Waals surface area contributed by atoms with E-state index in [1.54, 1.807) is 69.4 Å². The van der Waals surface area contributed by atoms with Gasteiger partial charge in [-0.3, -0.25) is 0 Å². The molecule has 0 atom stereocenters. The van der Waals surface area contributed by atoms with E-state index in [9.17, 15) is 0 Å². The fourth-order valence-electron chi connectivity index (χ4n) is 4.94. The van der Waals surface area contributed by atoms with Gasteiger partial charge in [0.05, 0.1) is 22.6 Å². The average molecular weight is 1280 g/mol. The summed E-state index contributed by atoms with van der Waals surface area (Å²) in [4.78, 5) is 23.0. The van der Waals surface area contributed by atoms with E-state index in [0.29, 0.717) is 59.2 Å². The van der Waals surface area contributed by atoms with E-state index in [2.05, 4.69) is 245 Å². The number of thiazole rings is 1. The van der Waals surface area contributed by atoms with Crippen molar-refractivity contribution in [2.24, 2.45) is 0 Å². The molecule has 80 heavy (non-hydrogen) atoms. The molecule has 0 radical (unpaired) electrons. The lowest BCUT2D eigenvalue weighted by Gasteiger charge is -1.96. The highest BCUT2D eigenvalue weighted by atomic mass is 32.1. The molecule has 0 aliphatic heterocycles. The van der Waals surface area contributed by atoms with Crippen molar-refractivity contribution in [1.82, 2.24) is 59.9 Å². The monoisotopic (exact) mass is 1270 g/mol. The molecular weight excluding hydrogens is 1190 g/mol. The van der Waals surface area contributed by atoms with Gasteiger partial charge < -0.3 is 0 Å². The molecule has 10 heterocycles. The van der Waals surface area contributed by atoms with Gasteiger partial charge in [0.25, 0.3) is 0 Å². The first-order valence-electron chi connectivity index (χ1n) is 26.6. The van der Waals surface area contributed by atoms with Crippen LogP contribution in [0.3, 0.4) is 0 Å².